The highest BCUT2D eigenvalue weighted by molar-refractivity contribution is 8.00. The van der Waals surface area contributed by atoms with E-state index in [4.69, 9.17) is 5.73 Å². The van der Waals surface area contributed by atoms with Crippen molar-refractivity contribution in [2.45, 2.75) is 24.2 Å². The number of thioether (sulfide) groups is 1. The average Bonchev–Trinajstić information content (AvgIpc) is 2.67. The van der Waals surface area contributed by atoms with Gasteiger partial charge in [-0.2, -0.15) is 0 Å². The number of nitrogens with one attached hydrogen (secondary N) is 1. The second-order valence-electron chi connectivity index (χ2n) is 5.91. The minimum Gasteiger partial charge on any atom is -0.366 e. The van der Waals surface area contributed by atoms with Gasteiger partial charge in [0.25, 0.3) is 5.69 Å². The number of nitrogens with two attached hydrogens (primary N) is 1. The van der Waals surface area contributed by atoms with Crippen LogP contribution in [0.25, 0.3) is 0 Å². The summed E-state index contributed by atoms with van der Waals surface area (Å²) in [5.41, 5.74) is 6.13. The SMILES string of the molecule is CCC(CNC(=O)CSc1ccc(C(N)=O)cc1[N+](=O)[O-])c1ccccc1. The second kappa shape index (κ2) is 9.72. The number of nitro groups is 1. The molecule has 0 fully saturated rings. The first-order chi connectivity index (χ1) is 12.9. The maximum absolute atomic E-state index is 12.1. The lowest BCUT2D eigenvalue weighted by Gasteiger charge is -2.16. The van der Waals surface area contributed by atoms with E-state index in [1.165, 1.54) is 12.1 Å². The molecule has 27 heavy (non-hydrogen) atoms. The van der Waals surface area contributed by atoms with Crippen molar-refractivity contribution in [3.8, 4) is 0 Å². The minimum atomic E-state index is -0.737. The summed E-state index contributed by atoms with van der Waals surface area (Å²) in [5.74, 6) is -0.687. The zero-order valence-electron chi connectivity index (χ0n) is 14.9. The molecule has 8 heteroatoms. The van der Waals surface area contributed by atoms with Crippen LogP contribution < -0.4 is 11.1 Å². The van der Waals surface area contributed by atoms with Gasteiger partial charge in [0, 0.05) is 24.1 Å². The Hall–Kier alpha value is -2.87. The molecule has 0 bridgehead atoms. The zero-order chi connectivity index (χ0) is 19.8. The molecule has 2 amide bonds. The Labute approximate surface area is 161 Å². The molecule has 2 aromatic carbocycles. The van der Waals surface area contributed by atoms with Gasteiger partial charge in [0.1, 0.15) is 0 Å². The third kappa shape index (κ3) is 5.82. The third-order valence-electron chi connectivity index (χ3n) is 4.11. The van der Waals surface area contributed by atoms with Crippen molar-refractivity contribution in [2.75, 3.05) is 12.3 Å². The van der Waals surface area contributed by atoms with E-state index in [2.05, 4.69) is 12.2 Å². The van der Waals surface area contributed by atoms with Crippen molar-refractivity contribution in [1.82, 2.24) is 5.32 Å². The van der Waals surface area contributed by atoms with Crippen LogP contribution in [-0.4, -0.2) is 29.0 Å². The van der Waals surface area contributed by atoms with E-state index in [-0.39, 0.29) is 28.8 Å². The zero-order valence-corrected chi connectivity index (χ0v) is 15.7. The summed E-state index contributed by atoms with van der Waals surface area (Å²) in [6.45, 7) is 2.56. The highest BCUT2D eigenvalue weighted by atomic mass is 32.2. The van der Waals surface area contributed by atoms with Gasteiger partial charge in [-0.3, -0.25) is 19.7 Å². The number of nitro benzene ring substituents is 1. The summed E-state index contributed by atoms with van der Waals surface area (Å²) in [6.07, 6.45) is 0.886. The molecule has 1 unspecified atom stereocenters. The standard InChI is InChI=1S/C19H21N3O4S/c1-2-13(14-6-4-3-5-7-14)11-21-18(23)12-27-17-9-8-15(19(20)24)10-16(17)22(25)26/h3-10,13H,2,11-12H2,1H3,(H2,20,24)(H,21,23). The highest BCUT2D eigenvalue weighted by Gasteiger charge is 2.18. The van der Waals surface area contributed by atoms with Gasteiger partial charge in [0.15, 0.2) is 0 Å². The van der Waals surface area contributed by atoms with Gasteiger partial charge in [-0.15, -0.1) is 11.8 Å². The van der Waals surface area contributed by atoms with Crippen LogP contribution in [-0.2, 0) is 4.79 Å². The van der Waals surface area contributed by atoms with Crippen molar-refractivity contribution in [1.29, 1.82) is 0 Å². The lowest BCUT2D eigenvalue weighted by atomic mass is 9.96. The molecular formula is C19H21N3O4S. The number of carbonyl (C=O) groups excluding carboxylic acids is 2. The fourth-order valence-electron chi connectivity index (χ4n) is 2.59. The van der Waals surface area contributed by atoms with Crippen molar-refractivity contribution in [3.63, 3.8) is 0 Å². The van der Waals surface area contributed by atoms with Crippen LogP contribution in [0.2, 0.25) is 0 Å². The average molecular weight is 387 g/mol. The molecule has 0 spiro atoms. The molecule has 0 aliphatic carbocycles. The number of hydrogen-bond acceptors (Lipinski definition) is 5. The normalized spacial score (nSPS) is 11.6. The summed E-state index contributed by atoms with van der Waals surface area (Å²) in [4.78, 5) is 34.2. The van der Waals surface area contributed by atoms with Crippen molar-refractivity contribution in [3.05, 3.63) is 69.8 Å². The summed E-state index contributed by atoms with van der Waals surface area (Å²) >= 11 is 1.05. The number of nitrogens with zero attached hydrogens (tertiary/aromatic N) is 1. The quantitative estimate of drug-likeness (QED) is 0.390. The molecule has 7 nitrogen and oxygen atoms in total. The van der Waals surface area contributed by atoms with Crippen LogP contribution in [0.3, 0.4) is 0 Å². The number of carbonyl (C=O) groups is 2. The number of rotatable bonds is 9. The van der Waals surface area contributed by atoms with Gasteiger partial charge in [0.2, 0.25) is 11.8 Å². The molecule has 142 valence electrons. The summed E-state index contributed by atoms with van der Waals surface area (Å²) in [6, 6.07) is 13.9. The number of primary amides is 1. The van der Waals surface area contributed by atoms with Gasteiger partial charge in [-0.05, 0) is 24.1 Å². The Kier molecular flexibility index (Phi) is 7.36. The minimum absolute atomic E-state index is 0.0436. The topological polar surface area (TPSA) is 115 Å². The first kappa shape index (κ1) is 20.4. The fraction of sp³-hybridized carbons (Fsp3) is 0.263. The molecule has 0 saturated heterocycles. The van der Waals surface area contributed by atoms with E-state index < -0.39 is 10.8 Å². The predicted molar refractivity (Wildman–Crippen MR) is 105 cm³/mol. The first-order valence-corrected chi connectivity index (χ1v) is 9.43. The van der Waals surface area contributed by atoms with Crippen LogP contribution in [0.15, 0.2) is 53.4 Å². The monoisotopic (exact) mass is 387 g/mol. The van der Waals surface area contributed by atoms with E-state index in [0.717, 1.165) is 29.8 Å². The molecule has 0 aliphatic heterocycles. The second-order valence-corrected chi connectivity index (χ2v) is 6.93. The van der Waals surface area contributed by atoms with Gasteiger partial charge in [-0.1, -0.05) is 37.3 Å². The Balaban J connectivity index is 1.95. The number of hydrogen-bond donors (Lipinski definition) is 2. The molecule has 0 aromatic heterocycles. The molecule has 2 aromatic rings. The Morgan fingerprint density at radius 2 is 1.93 bits per heavy atom. The van der Waals surface area contributed by atoms with Gasteiger partial charge < -0.3 is 11.1 Å². The predicted octanol–water partition coefficient (Wildman–Crippen LogP) is 3.10. The van der Waals surface area contributed by atoms with E-state index in [9.17, 15) is 19.7 Å². The van der Waals surface area contributed by atoms with Crippen LogP contribution in [0, 0.1) is 10.1 Å². The highest BCUT2D eigenvalue weighted by Crippen LogP contribution is 2.30. The van der Waals surface area contributed by atoms with E-state index in [1.807, 2.05) is 30.3 Å². The lowest BCUT2D eigenvalue weighted by molar-refractivity contribution is -0.387. The van der Waals surface area contributed by atoms with Crippen LogP contribution in [0.1, 0.15) is 35.2 Å². The summed E-state index contributed by atoms with van der Waals surface area (Å²) in [7, 11) is 0. The largest absolute Gasteiger partial charge is 0.366 e. The van der Waals surface area contributed by atoms with Crippen LogP contribution in [0.5, 0.6) is 0 Å². The van der Waals surface area contributed by atoms with Crippen molar-refractivity contribution in [2.24, 2.45) is 5.73 Å². The van der Waals surface area contributed by atoms with E-state index in [0.29, 0.717) is 11.4 Å². The maximum atomic E-state index is 12.1. The number of benzene rings is 2. The molecule has 1 atom stereocenters. The molecule has 0 radical (unpaired) electrons. The molecule has 0 saturated carbocycles. The van der Waals surface area contributed by atoms with Crippen molar-refractivity contribution >= 4 is 29.3 Å². The summed E-state index contributed by atoms with van der Waals surface area (Å²) < 4.78 is 0. The fourth-order valence-corrected chi connectivity index (χ4v) is 3.42. The molecule has 2 rings (SSSR count). The van der Waals surface area contributed by atoms with E-state index >= 15 is 0 Å². The molecule has 0 heterocycles. The molecule has 0 aliphatic rings. The summed E-state index contributed by atoms with van der Waals surface area (Å²) in [5, 5.41) is 14.1. The van der Waals surface area contributed by atoms with Crippen LogP contribution >= 0.6 is 11.8 Å². The van der Waals surface area contributed by atoms with Gasteiger partial charge in [-0.25, -0.2) is 0 Å². The lowest BCUT2D eigenvalue weighted by Crippen LogP contribution is -2.29. The van der Waals surface area contributed by atoms with Crippen molar-refractivity contribution < 1.29 is 14.5 Å². The van der Waals surface area contributed by atoms with Gasteiger partial charge >= 0.3 is 0 Å². The Bertz CT molecular complexity index is 827. The molecule has 3 N–H and O–H groups in total. The van der Waals surface area contributed by atoms with Crippen LogP contribution in [0.4, 0.5) is 5.69 Å². The van der Waals surface area contributed by atoms with E-state index in [1.54, 1.807) is 0 Å². The number of amides is 2. The third-order valence-corrected chi connectivity index (χ3v) is 5.17. The first-order valence-electron chi connectivity index (χ1n) is 8.45. The van der Waals surface area contributed by atoms with Gasteiger partial charge in [0.05, 0.1) is 15.6 Å². The molecular weight excluding hydrogens is 366 g/mol. The Morgan fingerprint density at radius 3 is 2.52 bits per heavy atom. The maximum Gasteiger partial charge on any atom is 0.283 e. The smallest absolute Gasteiger partial charge is 0.283 e. The Morgan fingerprint density at radius 1 is 1.22 bits per heavy atom.